The van der Waals surface area contributed by atoms with Crippen LogP contribution in [0.3, 0.4) is 0 Å². The van der Waals surface area contributed by atoms with Crippen LogP contribution in [0.1, 0.15) is 33.6 Å². The molecule has 5 nitrogen and oxygen atoms in total. The smallest absolute Gasteiger partial charge is 0.310 e. The highest BCUT2D eigenvalue weighted by atomic mass is 16.5. The van der Waals surface area contributed by atoms with Crippen LogP contribution in [0.2, 0.25) is 0 Å². The van der Waals surface area contributed by atoms with E-state index in [2.05, 4.69) is 0 Å². The topological polar surface area (TPSA) is 55.8 Å². The Hall–Kier alpha value is -1.10. The van der Waals surface area contributed by atoms with Crippen molar-refractivity contribution in [3.63, 3.8) is 0 Å². The van der Waals surface area contributed by atoms with Gasteiger partial charge in [-0.15, -0.1) is 0 Å². The standard InChI is InChI=1S/C13H23NO4/c1-4-17-13(16)11-6-5-7-14(8-11)12(15)9-18-10(2)3/h10-11H,4-9H2,1-3H3/t11-/m0/s1. The summed E-state index contributed by atoms with van der Waals surface area (Å²) in [5.74, 6) is -0.417. The van der Waals surface area contributed by atoms with Crippen LogP contribution in [0, 0.1) is 5.92 Å². The molecular weight excluding hydrogens is 234 g/mol. The zero-order chi connectivity index (χ0) is 13.5. The number of esters is 1. The number of piperidine rings is 1. The summed E-state index contributed by atoms with van der Waals surface area (Å²) in [7, 11) is 0. The van der Waals surface area contributed by atoms with Gasteiger partial charge in [-0.2, -0.15) is 0 Å². The van der Waals surface area contributed by atoms with Crippen LogP contribution in [-0.2, 0) is 19.1 Å². The zero-order valence-electron chi connectivity index (χ0n) is 11.5. The molecule has 0 aromatic carbocycles. The van der Waals surface area contributed by atoms with Crippen molar-refractivity contribution in [1.82, 2.24) is 4.90 Å². The fourth-order valence-electron chi connectivity index (χ4n) is 1.99. The van der Waals surface area contributed by atoms with Gasteiger partial charge in [0.15, 0.2) is 0 Å². The second-order valence-corrected chi connectivity index (χ2v) is 4.79. The van der Waals surface area contributed by atoms with E-state index in [1.807, 2.05) is 13.8 Å². The molecule has 0 aliphatic carbocycles. The Labute approximate surface area is 108 Å². The number of amides is 1. The van der Waals surface area contributed by atoms with Crippen molar-refractivity contribution in [2.24, 2.45) is 5.92 Å². The maximum absolute atomic E-state index is 11.9. The van der Waals surface area contributed by atoms with Crippen molar-refractivity contribution in [1.29, 1.82) is 0 Å². The molecule has 18 heavy (non-hydrogen) atoms. The number of hydrogen-bond acceptors (Lipinski definition) is 4. The third-order valence-corrected chi connectivity index (χ3v) is 2.93. The van der Waals surface area contributed by atoms with Gasteiger partial charge in [0.05, 0.1) is 18.6 Å². The van der Waals surface area contributed by atoms with Crippen molar-refractivity contribution < 1.29 is 19.1 Å². The highest BCUT2D eigenvalue weighted by molar-refractivity contribution is 5.79. The first-order valence-electron chi connectivity index (χ1n) is 6.60. The predicted molar refractivity (Wildman–Crippen MR) is 67.0 cm³/mol. The van der Waals surface area contributed by atoms with Crippen molar-refractivity contribution in [3.05, 3.63) is 0 Å². The molecule has 0 N–H and O–H groups in total. The lowest BCUT2D eigenvalue weighted by atomic mass is 9.98. The Morgan fingerprint density at radius 3 is 2.72 bits per heavy atom. The molecule has 1 fully saturated rings. The second-order valence-electron chi connectivity index (χ2n) is 4.79. The number of ether oxygens (including phenoxy) is 2. The summed E-state index contributed by atoms with van der Waals surface area (Å²) in [5, 5.41) is 0. The summed E-state index contributed by atoms with van der Waals surface area (Å²) in [6, 6.07) is 0. The van der Waals surface area contributed by atoms with Gasteiger partial charge in [-0.3, -0.25) is 9.59 Å². The van der Waals surface area contributed by atoms with E-state index in [0.29, 0.717) is 19.7 Å². The molecular formula is C13H23NO4. The van der Waals surface area contributed by atoms with Crippen LogP contribution < -0.4 is 0 Å². The van der Waals surface area contributed by atoms with E-state index in [-0.39, 0.29) is 30.5 Å². The molecule has 1 aliphatic heterocycles. The summed E-state index contributed by atoms with van der Waals surface area (Å²) in [6.45, 7) is 7.22. The van der Waals surface area contributed by atoms with Gasteiger partial charge >= 0.3 is 5.97 Å². The molecule has 0 aromatic heterocycles. The average Bonchev–Trinajstić information content (AvgIpc) is 2.36. The van der Waals surface area contributed by atoms with Crippen LogP contribution in [-0.4, -0.2) is 49.2 Å². The number of hydrogen-bond donors (Lipinski definition) is 0. The minimum atomic E-state index is -0.195. The highest BCUT2D eigenvalue weighted by Gasteiger charge is 2.29. The first kappa shape index (κ1) is 15.0. The average molecular weight is 257 g/mol. The summed E-state index contributed by atoms with van der Waals surface area (Å²) < 4.78 is 10.3. The Balaban J connectivity index is 2.42. The zero-order valence-corrected chi connectivity index (χ0v) is 11.5. The Bertz CT molecular complexity index is 291. The van der Waals surface area contributed by atoms with Crippen molar-refractivity contribution in [3.8, 4) is 0 Å². The van der Waals surface area contributed by atoms with Gasteiger partial charge in [-0.05, 0) is 33.6 Å². The summed E-state index contributed by atoms with van der Waals surface area (Å²) in [6.07, 6.45) is 1.68. The number of likely N-dealkylation sites (tertiary alicyclic amines) is 1. The lowest BCUT2D eigenvalue weighted by Crippen LogP contribution is -2.44. The molecule has 1 rings (SSSR count). The molecule has 0 saturated carbocycles. The Morgan fingerprint density at radius 1 is 1.39 bits per heavy atom. The van der Waals surface area contributed by atoms with Crippen molar-refractivity contribution in [2.45, 2.75) is 39.7 Å². The van der Waals surface area contributed by atoms with Crippen LogP contribution in [0.15, 0.2) is 0 Å². The van der Waals surface area contributed by atoms with Gasteiger partial charge in [-0.1, -0.05) is 0 Å². The van der Waals surface area contributed by atoms with Gasteiger partial charge in [0.1, 0.15) is 6.61 Å². The molecule has 0 radical (unpaired) electrons. The van der Waals surface area contributed by atoms with Gasteiger partial charge in [0.2, 0.25) is 5.91 Å². The Kier molecular flexibility index (Phi) is 6.12. The van der Waals surface area contributed by atoms with E-state index in [0.717, 1.165) is 12.8 Å². The van der Waals surface area contributed by atoms with E-state index < -0.39 is 0 Å². The monoisotopic (exact) mass is 257 g/mol. The molecule has 0 spiro atoms. The molecule has 1 atom stereocenters. The summed E-state index contributed by atoms with van der Waals surface area (Å²) in [5.41, 5.74) is 0. The number of rotatable bonds is 5. The van der Waals surface area contributed by atoms with Crippen LogP contribution in [0.4, 0.5) is 0 Å². The lowest BCUT2D eigenvalue weighted by molar-refractivity contribution is -0.152. The van der Waals surface area contributed by atoms with Gasteiger partial charge < -0.3 is 14.4 Å². The van der Waals surface area contributed by atoms with Crippen LogP contribution in [0.25, 0.3) is 0 Å². The molecule has 1 aliphatic rings. The summed E-state index contributed by atoms with van der Waals surface area (Å²) >= 11 is 0. The largest absolute Gasteiger partial charge is 0.466 e. The molecule has 1 heterocycles. The van der Waals surface area contributed by atoms with Gasteiger partial charge in [0, 0.05) is 13.1 Å². The molecule has 0 unspecified atom stereocenters. The highest BCUT2D eigenvalue weighted by Crippen LogP contribution is 2.18. The minimum absolute atomic E-state index is 0.0413. The predicted octanol–water partition coefficient (Wildman–Crippen LogP) is 1.21. The molecule has 1 saturated heterocycles. The van der Waals surface area contributed by atoms with Crippen molar-refractivity contribution >= 4 is 11.9 Å². The number of carbonyl (C=O) groups is 2. The Morgan fingerprint density at radius 2 is 2.11 bits per heavy atom. The third kappa shape index (κ3) is 4.64. The minimum Gasteiger partial charge on any atom is -0.466 e. The number of nitrogens with zero attached hydrogens (tertiary/aromatic N) is 1. The number of carbonyl (C=O) groups excluding carboxylic acids is 2. The maximum Gasteiger partial charge on any atom is 0.310 e. The van der Waals surface area contributed by atoms with E-state index in [1.165, 1.54) is 0 Å². The van der Waals surface area contributed by atoms with Crippen molar-refractivity contribution in [2.75, 3.05) is 26.3 Å². The lowest BCUT2D eigenvalue weighted by Gasteiger charge is -2.31. The molecule has 0 aromatic rings. The van der Waals surface area contributed by atoms with Crippen LogP contribution in [0.5, 0.6) is 0 Å². The van der Waals surface area contributed by atoms with E-state index in [9.17, 15) is 9.59 Å². The van der Waals surface area contributed by atoms with Gasteiger partial charge in [-0.25, -0.2) is 0 Å². The quantitative estimate of drug-likeness (QED) is 0.695. The fraction of sp³-hybridized carbons (Fsp3) is 0.846. The SMILES string of the molecule is CCOC(=O)[C@H]1CCCN(C(=O)COC(C)C)C1. The normalized spacial score (nSPS) is 20.0. The summed E-state index contributed by atoms with van der Waals surface area (Å²) in [4.78, 5) is 25.2. The molecule has 0 bridgehead atoms. The van der Waals surface area contributed by atoms with E-state index in [4.69, 9.17) is 9.47 Å². The second kappa shape index (κ2) is 7.36. The van der Waals surface area contributed by atoms with E-state index >= 15 is 0 Å². The molecule has 5 heteroatoms. The molecule has 104 valence electrons. The third-order valence-electron chi connectivity index (χ3n) is 2.93. The maximum atomic E-state index is 11.9. The first-order chi connectivity index (χ1) is 8.54. The van der Waals surface area contributed by atoms with Crippen LogP contribution >= 0.6 is 0 Å². The molecule has 1 amide bonds. The van der Waals surface area contributed by atoms with E-state index in [1.54, 1.807) is 11.8 Å². The fourth-order valence-corrected chi connectivity index (χ4v) is 1.99. The van der Waals surface area contributed by atoms with Gasteiger partial charge in [0.25, 0.3) is 0 Å². The first-order valence-corrected chi connectivity index (χ1v) is 6.60.